The maximum atomic E-state index is 12.1. The molecule has 0 aromatic carbocycles. The summed E-state index contributed by atoms with van der Waals surface area (Å²) in [5, 5.41) is 2.71. The standard InChI is InChI=1S/C13H20BrN3O2/c1-5-11(16(3)4)13(19)15-10-8-17(6-2)7-9(14)12(10)18/h7-8,11H,5-6H2,1-4H3,(H,15,19)/t11-/m1/s1. The molecule has 1 aromatic rings. The van der Waals surface area contributed by atoms with Gasteiger partial charge >= 0.3 is 0 Å². The van der Waals surface area contributed by atoms with E-state index in [4.69, 9.17) is 0 Å². The van der Waals surface area contributed by atoms with E-state index in [9.17, 15) is 9.59 Å². The number of anilines is 1. The van der Waals surface area contributed by atoms with Gasteiger partial charge in [0.1, 0.15) is 5.69 Å². The molecule has 5 nitrogen and oxygen atoms in total. The Balaban J connectivity index is 3.02. The zero-order valence-corrected chi connectivity index (χ0v) is 13.3. The van der Waals surface area contributed by atoms with Crippen LogP contribution in [0.5, 0.6) is 0 Å². The van der Waals surface area contributed by atoms with Gasteiger partial charge in [0.25, 0.3) is 0 Å². The number of aryl methyl sites for hydroxylation is 1. The van der Waals surface area contributed by atoms with E-state index in [1.807, 2.05) is 37.4 Å². The number of amides is 1. The fourth-order valence-corrected chi connectivity index (χ4v) is 2.34. The number of hydrogen-bond donors (Lipinski definition) is 1. The van der Waals surface area contributed by atoms with E-state index in [-0.39, 0.29) is 17.4 Å². The number of nitrogens with one attached hydrogen (secondary N) is 1. The van der Waals surface area contributed by atoms with E-state index >= 15 is 0 Å². The highest BCUT2D eigenvalue weighted by Gasteiger charge is 2.20. The summed E-state index contributed by atoms with van der Waals surface area (Å²) in [6.07, 6.45) is 4.06. The largest absolute Gasteiger partial charge is 0.351 e. The Labute approximate surface area is 121 Å². The molecule has 0 saturated heterocycles. The van der Waals surface area contributed by atoms with Crippen molar-refractivity contribution in [1.82, 2.24) is 9.47 Å². The number of halogens is 1. The van der Waals surface area contributed by atoms with Gasteiger partial charge in [-0.05, 0) is 43.4 Å². The lowest BCUT2D eigenvalue weighted by Gasteiger charge is -2.21. The second kappa shape index (κ2) is 6.86. The van der Waals surface area contributed by atoms with Crippen molar-refractivity contribution in [1.29, 1.82) is 0 Å². The molecule has 1 heterocycles. The Kier molecular flexibility index (Phi) is 5.75. The predicted molar refractivity (Wildman–Crippen MR) is 80.5 cm³/mol. The van der Waals surface area contributed by atoms with Crippen LogP contribution >= 0.6 is 15.9 Å². The highest BCUT2D eigenvalue weighted by molar-refractivity contribution is 9.10. The molecule has 0 spiro atoms. The van der Waals surface area contributed by atoms with E-state index in [0.717, 1.165) is 6.54 Å². The molecular formula is C13H20BrN3O2. The lowest BCUT2D eigenvalue weighted by atomic mass is 10.2. The van der Waals surface area contributed by atoms with Crippen molar-refractivity contribution in [3.8, 4) is 0 Å². The minimum absolute atomic E-state index is 0.162. The van der Waals surface area contributed by atoms with E-state index < -0.39 is 0 Å². The maximum Gasteiger partial charge on any atom is 0.241 e. The summed E-state index contributed by atoms with van der Waals surface area (Å²) in [6.45, 7) is 4.64. The quantitative estimate of drug-likeness (QED) is 0.897. The third-order valence-electron chi connectivity index (χ3n) is 2.97. The third-order valence-corrected chi connectivity index (χ3v) is 3.54. The summed E-state index contributed by atoms with van der Waals surface area (Å²) in [5.41, 5.74) is 0.105. The summed E-state index contributed by atoms with van der Waals surface area (Å²) in [4.78, 5) is 25.9. The van der Waals surface area contributed by atoms with Gasteiger partial charge in [-0.1, -0.05) is 6.92 Å². The van der Waals surface area contributed by atoms with Crippen molar-refractivity contribution >= 4 is 27.5 Å². The number of nitrogens with zero attached hydrogens (tertiary/aromatic N) is 2. The third kappa shape index (κ3) is 3.91. The first kappa shape index (κ1) is 15.9. The van der Waals surface area contributed by atoms with Gasteiger partial charge < -0.3 is 9.88 Å². The predicted octanol–water partition coefficient (Wildman–Crippen LogP) is 1.91. The first-order chi connectivity index (χ1) is 8.90. The minimum atomic E-state index is -0.242. The molecule has 0 bridgehead atoms. The highest BCUT2D eigenvalue weighted by atomic mass is 79.9. The van der Waals surface area contributed by atoms with Crippen molar-refractivity contribution in [3.05, 3.63) is 27.1 Å². The van der Waals surface area contributed by atoms with Gasteiger partial charge in [-0.2, -0.15) is 0 Å². The summed E-state index contributed by atoms with van der Waals surface area (Å²) in [6, 6.07) is -0.242. The van der Waals surface area contributed by atoms with Crippen LogP contribution in [0.25, 0.3) is 0 Å². The first-order valence-electron chi connectivity index (χ1n) is 6.27. The van der Waals surface area contributed by atoms with Crippen LogP contribution in [-0.4, -0.2) is 35.5 Å². The number of carbonyl (C=O) groups excluding carboxylic acids is 1. The minimum Gasteiger partial charge on any atom is -0.351 e. The van der Waals surface area contributed by atoms with Crippen LogP contribution in [0.1, 0.15) is 20.3 Å². The zero-order chi connectivity index (χ0) is 14.6. The molecule has 0 aliphatic heterocycles. The van der Waals surface area contributed by atoms with E-state index in [1.165, 1.54) is 0 Å². The molecule has 0 unspecified atom stereocenters. The van der Waals surface area contributed by atoms with Crippen molar-refractivity contribution in [2.45, 2.75) is 32.9 Å². The second-order valence-electron chi connectivity index (χ2n) is 4.56. The maximum absolute atomic E-state index is 12.1. The lowest BCUT2D eigenvalue weighted by Crippen LogP contribution is -2.40. The summed E-state index contributed by atoms with van der Waals surface area (Å²) in [7, 11) is 3.69. The topological polar surface area (TPSA) is 54.3 Å². The molecule has 1 aromatic heterocycles. The first-order valence-corrected chi connectivity index (χ1v) is 7.06. The van der Waals surface area contributed by atoms with Crippen LogP contribution < -0.4 is 10.7 Å². The van der Waals surface area contributed by atoms with Crippen molar-refractivity contribution < 1.29 is 4.79 Å². The van der Waals surface area contributed by atoms with Crippen LogP contribution in [0.2, 0.25) is 0 Å². The van der Waals surface area contributed by atoms with Gasteiger partial charge in [-0.3, -0.25) is 14.5 Å². The van der Waals surface area contributed by atoms with Crippen LogP contribution in [0.4, 0.5) is 5.69 Å². The number of aromatic nitrogens is 1. The molecule has 106 valence electrons. The molecular weight excluding hydrogens is 310 g/mol. The van der Waals surface area contributed by atoms with Gasteiger partial charge in [0.2, 0.25) is 11.3 Å². The summed E-state index contributed by atoms with van der Waals surface area (Å²) >= 11 is 3.22. The fourth-order valence-electron chi connectivity index (χ4n) is 1.87. The zero-order valence-electron chi connectivity index (χ0n) is 11.7. The lowest BCUT2D eigenvalue weighted by molar-refractivity contribution is -0.120. The molecule has 1 rings (SSSR count). The van der Waals surface area contributed by atoms with E-state index in [0.29, 0.717) is 16.6 Å². The average Bonchev–Trinajstić information content (AvgIpc) is 2.34. The van der Waals surface area contributed by atoms with E-state index in [2.05, 4.69) is 21.2 Å². The smallest absolute Gasteiger partial charge is 0.241 e. The van der Waals surface area contributed by atoms with Gasteiger partial charge in [0, 0.05) is 18.9 Å². The molecule has 19 heavy (non-hydrogen) atoms. The molecule has 1 N–H and O–H groups in total. The number of hydrogen-bond acceptors (Lipinski definition) is 3. The van der Waals surface area contributed by atoms with Crippen molar-refractivity contribution in [3.63, 3.8) is 0 Å². The Hall–Kier alpha value is -1.14. The van der Waals surface area contributed by atoms with Gasteiger partial charge in [-0.15, -0.1) is 0 Å². The normalized spacial score (nSPS) is 12.5. The van der Waals surface area contributed by atoms with Crippen LogP contribution in [0, 0.1) is 0 Å². The molecule has 0 aliphatic rings. The number of likely N-dealkylation sites (N-methyl/N-ethyl adjacent to an activating group) is 1. The van der Waals surface area contributed by atoms with Crippen molar-refractivity contribution in [2.24, 2.45) is 0 Å². The van der Waals surface area contributed by atoms with Crippen LogP contribution in [-0.2, 0) is 11.3 Å². The van der Waals surface area contributed by atoms with Crippen molar-refractivity contribution in [2.75, 3.05) is 19.4 Å². The SMILES string of the molecule is CC[C@H](C(=O)Nc1cn(CC)cc(Br)c1=O)N(C)C. The van der Waals surface area contributed by atoms with Gasteiger partial charge in [-0.25, -0.2) is 0 Å². The molecule has 1 atom stereocenters. The molecule has 6 heteroatoms. The summed E-state index contributed by atoms with van der Waals surface area (Å²) < 4.78 is 2.29. The molecule has 0 saturated carbocycles. The number of rotatable bonds is 5. The van der Waals surface area contributed by atoms with Crippen LogP contribution in [0.15, 0.2) is 21.7 Å². The van der Waals surface area contributed by atoms with Crippen LogP contribution in [0.3, 0.4) is 0 Å². The number of pyridine rings is 1. The molecule has 1 amide bonds. The van der Waals surface area contributed by atoms with Gasteiger partial charge in [0.15, 0.2) is 0 Å². The molecule has 0 fully saturated rings. The highest BCUT2D eigenvalue weighted by Crippen LogP contribution is 2.10. The summed E-state index contributed by atoms with van der Waals surface area (Å²) in [5.74, 6) is -0.162. The fraction of sp³-hybridized carbons (Fsp3) is 0.538. The van der Waals surface area contributed by atoms with E-state index in [1.54, 1.807) is 12.4 Å². The monoisotopic (exact) mass is 329 g/mol. The average molecular weight is 330 g/mol. The Bertz CT molecular complexity index is 511. The Morgan fingerprint density at radius 3 is 2.53 bits per heavy atom. The molecule has 0 aliphatic carbocycles. The van der Waals surface area contributed by atoms with Gasteiger partial charge in [0.05, 0.1) is 10.5 Å². The number of carbonyl (C=O) groups is 1. The Morgan fingerprint density at radius 2 is 2.05 bits per heavy atom. The second-order valence-corrected chi connectivity index (χ2v) is 5.41. The Morgan fingerprint density at radius 1 is 1.42 bits per heavy atom. The molecule has 0 radical (unpaired) electrons.